The fraction of sp³-hybridized carbons (Fsp3) is 0.571. The summed E-state index contributed by atoms with van der Waals surface area (Å²) in [5.74, 6) is 0. The van der Waals surface area contributed by atoms with Gasteiger partial charge < -0.3 is 10.1 Å². The normalized spacial score (nSPS) is 23.3. The molecule has 1 aliphatic heterocycles. The van der Waals surface area contributed by atoms with E-state index in [1.165, 1.54) is 0 Å². The minimum absolute atomic E-state index is 0.318. The number of hydrogen-bond acceptors (Lipinski definition) is 4. The van der Waals surface area contributed by atoms with Crippen molar-refractivity contribution in [1.82, 2.24) is 0 Å². The second kappa shape index (κ2) is 6.45. The highest BCUT2D eigenvalue weighted by Gasteiger charge is 2.21. The summed E-state index contributed by atoms with van der Waals surface area (Å²) in [6, 6.07) is 7.72. The van der Waals surface area contributed by atoms with Crippen LogP contribution < -0.4 is 10.0 Å². The Morgan fingerprint density at radius 1 is 1.35 bits per heavy atom. The Bertz CT molecular complexity index is 545. The Balaban J connectivity index is 2.00. The van der Waals surface area contributed by atoms with E-state index in [0.29, 0.717) is 17.8 Å². The first-order valence-electron chi connectivity index (χ1n) is 6.92. The SMILES string of the molecule is CCC1CC(Nc2cccc(NS(C)(=O)=O)c2)CCO1. The summed E-state index contributed by atoms with van der Waals surface area (Å²) < 4.78 is 30.6. The van der Waals surface area contributed by atoms with Gasteiger partial charge in [-0.1, -0.05) is 13.0 Å². The molecule has 0 spiro atoms. The first-order valence-corrected chi connectivity index (χ1v) is 8.81. The third-order valence-corrected chi connectivity index (χ3v) is 3.97. The third kappa shape index (κ3) is 4.68. The number of sulfonamides is 1. The van der Waals surface area contributed by atoms with Gasteiger partial charge in [0.25, 0.3) is 0 Å². The van der Waals surface area contributed by atoms with Crippen LogP contribution in [0.4, 0.5) is 11.4 Å². The van der Waals surface area contributed by atoms with E-state index in [-0.39, 0.29) is 0 Å². The predicted octanol–water partition coefficient (Wildman–Crippen LogP) is 2.43. The summed E-state index contributed by atoms with van der Waals surface area (Å²) in [5, 5.41) is 3.46. The van der Waals surface area contributed by atoms with Gasteiger partial charge in [0.1, 0.15) is 0 Å². The van der Waals surface area contributed by atoms with Crippen molar-refractivity contribution in [1.29, 1.82) is 0 Å². The molecule has 20 heavy (non-hydrogen) atoms. The van der Waals surface area contributed by atoms with Crippen molar-refractivity contribution in [2.24, 2.45) is 0 Å². The number of hydrogen-bond donors (Lipinski definition) is 2. The summed E-state index contributed by atoms with van der Waals surface area (Å²) >= 11 is 0. The third-order valence-electron chi connectivity index (χ3n) is 3.36. The van der Waals surface area contributed by atoms with Crippen LogP contribution in [0.15, 0.2) is 24.3 Å². The van der Waals surface area contributed by atoms with Crippen LogP contribution in [0, 0.1) is 0 Å². The molecule has 2 unspecified atom stereocenters. The highest BCUT2D eigenvalue weighted by molar-refractivity contribution is 7.92. The molecule has 1 aliphatic rings. The molecule has 1 saturated heterocycles. The van der Waals surface area contributed by atoms with Crippen molar-refractivity contribution in [2.75, 3.05) is 22.9 Å². The Morgan fingerprint density at radius 2 is 2.10 bits per heavy atom. The van der Waals surface area contributed by atoms with Crippen LogP contribution in [-0.2, 0) is 14.8 Å². The van der Waals surface area contributed by atoms with Crippen LogP contribution >= 0.6 is 0 Å². The maximum absolute atomic E-state index is 11.2. The topological polar surface area (TPSA) is 67.4 Å². The Kier molecular flexibility index (Phi) is 4.88. The fourth-order valence-corrected chi connectivity index (χ4v) is 2.97. The largest absolute Gasteiger partial charge is 0.382 e. The Labute approximate surface area is 120 Å². The van der Waals surface area contributed by atoms with Crippen molar-refractivity contribution < 1.29 is 13.2 Å². The molecule has 5 nitrogen and oxygen atoms in total. The zero-order chi connectivity index (χ0) is 14.6. The molecule has 0 aliphatic carbocycles. The minimum Gasteiger partial charge on any atom is -0.382 e. The Morgan fingerprint density at radius 3 is 2.80 bits per heavy atom. The van der Waals surface area contributed by atoms with E-state index in [1.54, 1.807) is 6.07 Å². The quantitative estimate of drug-likeness (QED) is 0.876. The van der Waals surface area contributed by atoms with Crippen molar-refractivity contribution in [2.45, 2.75) is 38.3 Å². The van der Waals surface area contributed by atoms with Crippen molar-refractivity contribution >= 4 is 21.4 Å². The second-order valence-electron chi connectivity index (χ2n) is 5.22. The van der Waals surface area contributed by atoms with Crippen molar-refractivity contribution in [3.63, 3.8) is 0 Å². The lowest BCUT2D eigenvalue weighted by molar-refractivity contribution is 0.00926. The molecular weight excluding hydrogens is 276 g/mol. The van der Waals surface area contributed by atoms with Gasteiger partial charge in [0.15, 0.2) is 0 Å². The van der Waals surface area contributed by atoms with Gasteiger partial charge in [-0.15, -0.1) is 0 Å². The molecule has 1 aromatic rings. The standard InChI is InChI=1S/C14H22N2O3S/c1-3-14-10-12(7-8-19-14)15-11-5-4-6-13(9-11)16-20(2,17)18/h4-6,9,12,14-16H,3,7-8,10H2,1-2H3. The van der Waals surface area contributed by atoms with Crippen LogP contribution in [-0.4, -0.2) is 33.4 Å². The molecule has 1 fully saturated rings. The summed E-state index contributed by atoms with van der Waals surface area (Å²) in [6.45, 7) is 2.90. The highest BCUT2D eigenvalue weighted by atomic mass is 32.2. The van der Waals surface area contributed by atoms with Crippen molar-refractivity contribution in [3.05, 3.63) is 24.3 Å². The monoisotopic (exact) mass is 298 g/mol. The van der Waals surface area contributed by atoms with E-state index in [2.05, 4.69) is 17.0 Å². The van der Waals surface area contributed by atoms with E-state index >= 15 is 0 Å². The van der Waals surface area contributed by atoms with E-state index in [0.717, 1.165) is 37.8 Å². The molecule has 1 aromatic carbocycles. The molecular formula is C14H22N2O3S. The zero-order valence-electron chi connectivity index (χ0n) is 11.9. The van der Waals surface area contributed by atoms with E-state index in [9.17, 15) is 8.42 Å². The smallest absolute Gasteiger partial charge is 0.229 e. The molecule has 2 atom stereocenters. The number of benzene rings is 1. The molecule has 0 radical (unpaired) electrons. The molecule has 112 valence electrons. The van der Waals surface area contributed by atoms with E-state index in [1.807, 2.05) is 18.2 Å². The molecule has 1 heterocycles. The maximum Gasteiger partial charge on any atom is 0.229 e. The number of anilines is 2. The fourth-order valence-electron chi connectivity index (χ4n) is 2.42. The lowest BCUT2D eigenvalue weighted by atomic mass is 10.0. The molecule has 6 heteroatoms. The van der Waals surface area contributed by atoms with Crippen LogP contribution in [0.1, 0.15) is 26.2 Å². The van der Waals surface area contributed by atoms with Gasteiger partial charge in [-0.05, 0) is 37.5 Å². The van der Waals surface area contributed by atoms with Crippen molar-refractivity contribution in [3.8, 4) is 0 Å². The average Bonchev–Trinajstić information content (AvgIpc) is 2.37. The summed E-state index contributed by atoms with van der Waals surface area (Å²) in [6.07, 6.45) is 4.45. The number of ether oxygens (including phenoxy) is 1. The van der Waals surface area contributed by atoms with E-state index in [4.69, 9.17) is 4.74 Å². The molecule has 0 amide bonds. The Hall–Kier alpha value is -1.27. The molecule has 2 rings (SSSR count). The van der Waals surface area contributed by atoms with Crippen LogP contribution in [0.25, 0.3) is 0 Å². The van der Waals surface area contributed by atoms with Crippen LogP contribution in [0.3, 0.4) is 0 Å². The maximum atomic E-state index is 11.2. The zero-order valence-corrected chi connectivity index (χ0v) is 12.7. The minimum atomic E-state index is -3.24. The summed E-state index contributed by atoms with van der Waals surface area (Å²) in [5.41, 5.74) is 1.51. The lowest BCUT2D eigenvalue weighted by Crippen LogP contribution is -2.33. The highest BCUT2D eigenvalue weighted by Crippen LogP contribution is 2.22. The summed E-state index contributed by atoms with van der Waals surface area (Å²) in [7, 11) is -3.24. The second-order valence-corrected chi connectivity index (χ2v) is 6.97. The van der Waals surface area contributed by atoms with E-state index < -0.39 is 10.0 Å². The predicted molar refractivity (Wildman–Crippen MR) is 81.6 cm³/mol. The number of rotatable bonds is 5. The molecule has 2 N–H and O–H groups in total. The van der Waals surface area contributed by atoms with Gasteiger partial charge >= 0.3 is 0 Å². The molecule has 0 aromatic heterocycles. The van der Waals surface area contributed by atoms with Gasteiger partial charge in [-0.2, -0.15) is 0 Å². The van der Waals surface area contributed by atoms with Gasteiger partial charge in [-0.25, -0.2) is 8.42 Å². The van der Waals surface area contributed by atoms with Gasteiger partial charge in [0, 0.05) is 18.3 Å². The van der Waals surface area contributed by atoms with Crippen LogP contribution in [0.5, 0.6) is 0 Å². The average molecular weight is 298 g/mol. The van der Waals surface area contributed by atoms with Crippen LogP contribution in [0.2, 0.25) is 0 Å². The molecule has 0 bridgehead atoms. The van der Waals surface area contributed by atoms with Gasteiger partial charge in [0.05, 0.1) is 18.0 Å². The first-order chi connectivity index (χ1) is 9.46. The molecule has 0 saturated carbocycles. The summed E-state index contributed by atoms with van der Waals surface area (Å²) in [4.78, 5) is 0. The van der Waals surface area contributed by atoms with Gasteiger partial charge in [0.2, 0.25) is 10.0 Å². The first kappa shape index (κ1) is 15.1. The van der Waals surface area contributed by atoms with Gasteiger partial charge in [-0.3, -0.25) is 4.72 Å². The number of nitrogens with one attached hydrogen (secondary N) is 2. The lowest BCUT2D eigenvalue weighted by Gasteiger charge is -2.30.